The first-order valence-electron chi connectivity index (χ1n) is 7.63. The van der Waals surface area contributed by atoms with E-state index in [0.29, 0.717) is 0 Å². The molecule has 25 heavy (non-hydrogen) atoms. The number of carboxylic acids is 1. The normalized spacial score (nSPS) is 13.2. The van der Waals surface area contributed by atoms with Gasteiger partial charge in [0.05, 0.1) is 19.2 Å². The fourth-order valence-electron chi connectivity index (χ4n) is 2.36. The lowest BCUT2D eigenvalue weighted by Gasteiger charge is -2.14. The number of carbonyl (C=O) groups is 3. The number of para-hydroxylation sites is 1. The summed E-state index contributed by atoms with van der Waals surface area (Å²) in [7, 11) is 0. The molecule has 2 atom stereocenters. The second-order valence-electron chi connectivity index (χ2n) is 5.53. The van der Waals surface area contributed by atoms with E-state index >= 15 is 0 Å². The van der Waals surface area contributed by atoms with Crippen LogP contribution in [0.5, 0.6) is 0 Å². The highest BCUT2D eigenvalue weighted by Gasteiger charge is 2.20. The van der Waals surface area contributed by atoms with E-state index in [4.69, 9.17) is 15.9 Å². The monoisotopic (exact) mass is 348 g/mol. The Hall–Kier alpha value is -2.91. The van der Waals surface area contributed by atoms with E-state index < -0.39 is 43.0 Å². The highest BCUT2D eigenvalue weighted by atomic mass is 16.4. The quantitative estimate of drug-likeness (QED) is 0.348. The van der Waals surface area contributed by atoms with Crippen LogP contribution in [0.4, 0.5) is 0 Å². The molecule has 0 saturated carbocycles. The molecule has 9 nitrogen and oxygen atoms in total. The van der Waals surface area contributed by atoms with Gasteiger partial charge in [-0.2, -0.15) is 0 Å². The fraction of sp³-hybridized carbons (Fsp3) is 0.312. The molecule has 0 fully saturated rings. The largest absolute Gasteiger partial charge is 0.480 e. The molecule has 0 aliphatic heterocycles. The maximum absolute atomic E-state index is 12.0. The van der Waals surface area contributed by atoms with Gasteiger partial charge < -0.3 is 31.6 Å². The first-order chi connectivity index (χ1) is 11.9. The van der Waals surface area contributed by atoms with Crippen molar-refractivity contribution < 1.29 is 24.6 Å². The van der Waals surface area contributed by atoms with Crippen molar-refractivity contribution in [1.29, 1.82) is 0 Å². The van der Waals surface area contributed by atoms with Crippen molar-refractivity contribution in [2.75, 3.05) is 13.2 Å². The molecule has 9 heteroatoms. The summed E-state index contributed by atoms with van der Waals surface area (Å²) < 4.78 is 0. The molecule has 7 N–H and O–H groups in total. The van der Waals surface area contributed by atoms with Gasteiger partial charge >= 0.3 is 5.97 Å². The van der Waals surface area contributed by atoms with Crippen LogP contribution < -0.4 is 16.4 Å². The second kappa shape index (κ2) is 8.27. The van der Waals surface area contributed by atoms with E-state index in [9.17, 15) is 14.4 Å². The summed E-state index contributed by atoms with van der Waals surface area (Å²) in [6, 6.07) is 5.33. The molecule has 0 bridgehead atoms. The number of amides is 2. The predicted octanol–water partition coefficient (Wildman–Crippen LogP) is -1.28. The lowest BCUT2D eigenvalue weighted by molar-refractivity contribution is -0.142. The third-order valence-electron chi connectivity index (χ3n) is 3.69. The number of nitrogens with two attached hydrogens (primary N) is 1. The molecule has 0 aliphatic rings. The number of fused-ring (bicyclic) bond motifs is 1. The van der Waals surface area contributed by atoms with E-state index in [1.54, 1.807) is 6.20 Å². The molecule has 2 unspecified atom stereocenters. The van der Waals surface area contributed by atoms with Crippen molar-refractivity contribution >= 4 is 28.7 Å². The van der Waals surface area contributed by atoms with Crippen LogP contribution in [0.25, 0.3) is 10.9 Å². The fourth-order valence-corrected chi connectivity index (χ4v) is 2.36. The van der Waals surface area contributed by atoms with Crippen LogP contribution in [0.1, 0.15) is 5.56 Å². The van der Waals surface area contributed by atoms with Crippen LogP contribution in [-0.2, 0) is 20.8 Å². The van der Waals surface area contributed by atoms with E-state index in [0.717, 1.165) is 16.5 Å². The van der Waals surface area contributed by atoms with Crippen LogP contribution in [0.2, 0.25) is 0 Å². The van der Waals surface area contributed by atoms with Crippen molar-refractivity contribution in [2.24, 2.45) is 5.73 Å². The molecule has 1 heterocycles. The molecule has 134 valence electrons. The number of carboxylic acid groups (broad SMARTS) is 1. The Labute approximate surface area is 143 Å². The SMILES string of the molecule is NC(Cc1c[nH]c2ccccc12)C(=O)NCC(=O)NC(CO)C(=O)O. The molecular formula is C16H20N4O5. The molecule has 0 saturated heterocycles. The van der Waals surface area contributed by atoms with Crippen molar-refractivity contribution in [3.8, 4) is 0 Å². The third kappa shape index (κ3) is 4.78. The van der Waals surface area contributed by atoms with E-state index in [1.165, 1.54) is 0 Å². The van der Waals surface area contributed by atoms with Crippen LogP contribution >= 0.6 is 0 Å². The number of aliphatic hydroxyl groups is 1. The Balaban J connectivity index is 1.86. The van der Waals surface area contributed by atoms with Gasteiger partial charge in [-0.25, -0.2) is 4.79 Å². The minimum Gasteiger partial charge on any atom is -0.480 e. The zero-order valence-corrected chi connectivity index (χ0v) is 13.4. The summed E-state index contributed by atoms with van der Waals surface area (Å²) >= 11 is 0. The highest BCUT2D eigenvalue weighted by molar-refractivity contribution is 5.90. The van der Waals surface area contributed by atoms with Crippen molar-refractivity contribution in [3.63, 3.8) is 0 Å². The maximum atomic E-state index is 12.0. The summed E-state index contributed by atoms with van der Waals surface area (Å²) in [5.41, 5.74) is 7.69. The number of H-pyrrole nitrogens is 1. The predicted molar refractivity (Wildman–Crippen MR) is 89.6 cm³/mol. The van der Waals surface area contributed by atoms with E-state index in [2.05, 4.69) is 15.6 Å². The Morgan fingerprint density at radius 3 is 2.64 bits per heavy atom. The number of rotatable bonds is 8. The van der Waals surface area contributed by atoms with Crippen LogP contribution in [0, 0.1) is 0 Å². The third-order valence-corrected chi connectivity index (χ3v) is 3.69. The number of aliphatic carboxylic acids is 1. The van der Waals surface area contributed by atoms with Gasteiger partial charge in [-0.1, -0.05) is 18.2 Å². The van der Waals surface area contributed by atoms with Crippen molar-refractivity contribution in [1.82, 2.24) is 15.6 Å². The van der Waals surface area contributed by atoms with Crippen LogP contribution in [-0.4, -0.2) is 58.2 Å². The number of nitrogens with one attached hydrogen (secondary N) is 3. The van der Waals surface area contributed by atoms with E-state index in [1.807, 2.05) is 24.3 Å². The Kier molecular flexibility index (Phi) is 6.09. The number of aromatic nitrogens is 1. The Bertz CT molecular complexity index is 773. The Morgan fingerprint density at radius 2 is 1.96 bits per heavy atom. The molecule has 0 radical (unpaired) electrons. The van der Waals surface area contributed by atoms with Gasteiger partial charge in [-0.3, -0.25) is 9.59 Å². The van der Waals surface area contributed by atoms with Gasteiger partial charge in [0, 0.05) is 17.1 Å². The zero-order chi connectivity index (χ0) is 18.4. The van der Waals surface area contributed by atoms with E-state index in [-0.39, 0.29) is 6.42 Å². The van der Waals surface area contributed by atoms with Gasteiger partial charge in [-0.05, 0) is 18.1 Å². The lowest BCUT2D eigenvalue weighted by atomic mass is 10.1. The van der Waals surface area contributed by atoms with Crippen molar-refractivity contribution in [2.45, 2.75) is 18.5 Å². The highest BCUT2D eigenvalue weighted by Crippen LogP contribution is 2.18. The average molecular weight is 348 g/mol. The molecule has 2 amide bonds. The van der Waals surface area contributed by atoms with Gasteiger partial charge in [0.2, 0.25) is 11.8 Å². The smallest absolute Gasteiger partial charge is 0.328 e. The van der Waals surface area contributed by atoms with Gasteiger partial charge in [-0.15, -0.1) is 0 Å². The number of carbonyl (C=O) groups excluding carboxylic acids is 2. The summed E-state index contributed by atoms with van der Waals surface area (Å²) in [6.45, 7) is -1.17. The molecule has 2 aromatic rings. The van der Waals surface area contributed by atoms with Gasteiger partial charge in [0.25, 0.3) is 0 Å². The maximum Gasteiger partial charge on any atom is 0.328 e. The molecule has 0 spiro atoms. The number of aromatic amines is 1. The summed E-state index contributed by atoms with van der Waals surface area (Å²) in [6.07, 6.45) is 2.06. The first kappa shape index (κ1) is 18.4. The average Bonchev–Trinajstić information content (AvgIpc) is 3.00. The number of aliphatic hydroxyl groups excluding tert-OH is 1. The minimum absolute atomic E-state index is 0.284. The summed E-state index contributed by atoms with van der Waals surface area (Å²) in [4.78, 5) is 37.4. The number of hydrogen-bond donors (Lipinski definition) is 6. The molecular weight excluding hydrogens is 328 g/mol. The minimum atomic E-state index is -1.41. The summed E-state index contributed by atoms with van der Waals surface area (Å²) in [5, 5.41) is 23.0. The molecule has 1 aromatic heterocycles. The lowest BCUT2D eigenvalue weighted by Crippen LogP contribution is -2.50. The topological polar surface area (TPSA) is 158 Å². The molecule has 1 aromatic carbocycles. The second-order valence-corrected chi connectivity index (χ2v) is 5.53. The van der Waals surface area contributed by atoms with Crippen LogP contribution in [0.3, 0.4) is 0 Å². The zero-order valence-electron chi connectivity index (χ0n) is 13.4. The van der Waals surface area contributed by atoms with Crippen LogP contribution in [0.15, 0.2) is 30.5 Å². The van der Waals surface area contributed by atoms with Gasteiger partial charge in [0.1, 0.15) is 6.04 Å². The van der Waals surface area contributed by atoms with Crippen molar-refractivity contribution in [3.05, 3.63) is 36.0 Å². The number of hydrogen-bond acceptors (Lipinski definition) is 5. The summed E-state index contributed by atoms with van der Waals surface area (Å²) in [5.74, 6) is -2.62. The molecule has 2 rings (SSSR count). The van der Waals surface area contributed by atoms with Gasteiger partial charge in [0.15, 0.2) is 0 Å². The number of benzene rings is 1. The molecule has 0 aliphatic carbocycles. The Morgan fingerprint density at radius 1 is 1.24 bits per heavy atom. The first-order valence-corrected chi connectivity index (χ1v) is 7.63. The standard InChI is InChI=1S/C16H20N4O5/c17-11(5-9-6-18-12-4-2-1-3-10(9)12)15(23)19-7-14(22)20-13(8-21)16(24)25/h1-4,6,11,13,18,21H,5,7-8,17H2,(H,19,23)(H,20,22)(H,24,25).